The molecule has 4 N–H and O–H groups in total. The van der Waals surface area contributed by atoms with Gasteiger partial charge in [-0.2, -0.15) is 0 Å². The fraction of sp³-hybridized carbons (Fsp3) is 0.400. The summed E-state index contributed by atoms with van der Waals surface area (Å²) in [7, 11) is 0. The van der Waals surface area contributed by atoms with Crippen LogP contribution in [-0.2, 0) is 59.6 Å². The van der Waals surface area contributed by atoms with Gasteiger partial charge >= 0.3 is 0 Å². The average molecular weight is 703 g/mol. The van der Waals surface area contributed by atoms with Gasteiger partial charge in [-0.3, -0.25) is 0 Å². The maximum Gasteiger partial charge on any atom is 0.190 e. The van der Waals surface area contributed by atoms with Crippen LogP contribution in [0.25, 0.3) is 0 Å². The predicted octanol–water partition coefficient (Wildman–Crippen LogP) is 3.50. The normalized spacial score (nSPS) is 29.5. The Hall–Kier alpha value is -3.56. The van der Waals surface area contributed by atoms with Crippen molar-refractivity contribution in [1.82, 2.24) is 0 Å². The van der Waals surface area contributed by atoms with Crippen molar-refractivity contribution >= 4 is 0 Å². The zero-order valence-electron chi connectivity index (χ0n) is 28.2. The Balaban J connectivity index is 1.30. The molecule has 2 fully saturated rings. The third kappa shape index (κ3) is 9.86. The van der Waals surface area contributed by atoms with Gasteiger partial charge in [-0.1, -0.05) is 121 Å². The molecule has 0 amide bonds. The number of benzene rings is 4. The molecule has 0 saturated carbocycles. The van der Waals surface area contributed by atoms with E-state index in [1.54, 1.807) is 0 Å². The molecule has 51 heavy (non-hydrogen) atoms. The molecule has 6 rings (SSSR count). The lowest BCUT2D eigenvalue weighted by molar-refractivity contribution is -0.389. The Kier molecular flexibility index (Phi) is 13.7. The van der Waals surface area contributed by atoms with Gasteiger partial charge in [0.1, 0.15) is 48.8 Å². The molecule has 2 saturated heterocycles. The van der Waals surface area contributed by atoms with E-state index >= 15 is 0 Å². The molecule has 0 spiro atoms. The second-order valence-electron chi connectivity index (χ2n) is 12.6. The summed E-state index contributed by atoms with van der Waals surface area (Å²) in [5.74, 6) is 0. The first-order chi connectivity index (χ1) is 25.0. The van der Waals surface area contributed by atoms with Crippen molar-refractivity contribution in [3.63, 3.8) is 0 Å². The zero-order valence-corrected chi connectivity index (χ0v) is 28.2. The number of aliphatic hydroxyl groups is 4. The van der Waals surface area contributed by atoms with Crippen molar-refractivity contribution < 1.29 is 53.6 Å². The van der Waals surface area contributed by atoms with Crippen LogP contribution >= 0.6 is 0 Å². The monoisotopic (exact) mass is 702 g/mol. The van der Waals surface area contributed by atoms with Crippen molar-refractivity contribution in [2.45, 2.75) is 87.8 Å². The molecule has 10 atom stereocenters. The molecule has 272 valence electrons. The first kappa shape index (κ1) is 37.2. The molecule has 2 heterocycles. The summed E-state index contributed by atoms with van der Waals surface area (Å²) in [4.78, 5) is 0. The number of ether oxygens (including phenoxy) is 7. The Labute approximate surface area is 297 Å². The highest BCUT2D eigenvalue weighted by Gasteiger charge is 2.52. The van der Waals surface area contributed by atoms with E-state index < -0.39 is 74.6 Å². The van der Waals surface area contributed by atoms with Gasteiger partial charge in [0, 0.05) is 0 Å². The number of rotatable bonds is 16. The van der Waals surface area contributed by atoms with Gasteiger partial charge < -0.3 is 53.6 Å². The molecule has 0 unspecified atom stereocenters. The summed E-state index contributed by atoms with van der Waals surface area (Å²) in [6.45, 7) is -0.492. The summed E-state index contributed by atoms with van der Waals surface area (Å²) >= 11 is 0. The molecule has 0 aromatic heterocycles. The average Bonchev–Trinajstić information content (AvgIpc) is 3.18. The van der Waals surface area contributed by atoms with E-state index in [1.165, 1.54) is 0 Å². The largest absolute Gasteiger partial charge is 0.394 e. The zero-order chi connectivity index (χ0) is 35.4. The van der Waals surface area contributed by atoms with Gasteiger partial charge in [-0.15, -0.1) is 0 Å². The summed E-state index contributed by atoms with van der Waals surface area (Å²) in [6.07, 6.45) is -11.3. The molecule has 11 heteroatoms. The number of aliphatic hydroxyl groups excluding tert-OH is 4. The topological polar surface area (TPSA) is 146 Å². The summed E-state index contributed by atoms with van der Waals surface area (Å²) in [6, 6.07) is 38.0. The standard InChI is InChI=1S/C40H46O11/c41-21-31-33(43)35(45-23-27-13-5-1-6-14-27)37(47-25-29-17-9-3-10-18-29)39(49-31)51-40-38(48-26-30-19-11-4-12-20-30)36(34(44)32(22-42)50-40)46-24-28-15-7-2-8-16-28/h1-20,31-44H,21-26H2/t31-,32+,33+,34-,35+,36-,37+,38-,39-,40-/m1/s1. The summed E-state index contributed by atoms with van der Waals surface area (Å²) in [5, 5.41) is 43.4. The Morgan fingerprint density at radius 3 is 0.961 bits per heavy atom. The van der Waals surface area contributed by atoms with Gasteiger partial charge in [0.25, 0.3) is 0 Å². The van der Waals surface area contributed by atoms with Crippen LogP contribution in [0.3, 0.4) is 0 Å². The van der Waals surface area contributed by atoms with E-state index in [9.17, 15) is 20.4 Å². The SMILES string of the molecule is OC[C@@H]1O[C@H](O[C@H]2O[C@H](CO)[C@H](O)[C@H](OCc3ccccc3)[C@@H]2OCc2ccccc2)[C@H](OCc2ccccc2)[C@H](OCc2ccccc2)[C@@H]1O. The number of hydrogen-bond acceptors (Lipinski definition) is 11. The van der Waals surface area contributed by atoms with Crippen molar-refractivity contribution in [2.75, 3.05) is 13.2 Å². The van der Waals surface area contributed by atoms with Crippen molar-refractivity contribution in [2.24, 2.45) is 0 Å². The minimum Gasteiger partial charge on any atom is -0.394 e. The van der Waals surface area contributed by atoms with Gasteiger partial charge in [-0.05, 0) is 22.3 Å². The highest BCUT2D eigenvalue weighted by Crippen LogP contribution is 2.34. The van der Waals surface area contributed by atoms with E-state index in [1.807, 2.05) is 121 Å². The quantitative estimate of drug-likeness (QED) is 0.136. The van der Waals surface area contributed by atoms with Crippen LogP contribution in [-0.4, -0.2) is 95.1 Å². The molecular weight excluding hydrogens is 656 g/mol. The van der Waals surface area contributed by atoms with Crippen molar-refractivity contribution in [1.29, 1.82) is 0 Å². The fourth-order valence-electron chi connectivity index (χ4n) is 6.24. The van der Waals surface area contributed by atoms with Crippen LogP contribution in [0, 0.1) is 0 Å². The molecule has 11 nitrogen and oxygen atoms in total. The molecule has 2 aliphatic heterocycles. The lowest BCUT2D eigenvalue weighted by Gasteiger charge is -2.48. The van der Waals surface area contributed by atoms with E-state index in [2.05, 4.69) is 0 Å². The second-order valence-corrected chi connectivity index (χ2v) is 12.6. The molecule has 4 aromatic rings. The van der Waals surface area contributed by atoms with Crippen LogP contribution in [0.4, 0.5) is 0 Å². The summed E-state index contributed by atoms with van der Waals surface area (Å²) < 4.78 is 44.4. The molecule has 0 aliphatic carbocycles. The van der Waals surface area contributed by atoms with Gasteiger partial charge in [-0.25, -0.2) is 0 Å². The fourth-order valence-corrected chi connectivity index (χ4v) is 6.24. The molecule has 2 aliphatic rings. The highest BCUT2D eigenvalue weighted by molar-refractivity contribution is 5.16. The van der Waals surface area contributed by atoms with E-state index in [4.69, 9.17) is 33.2 Å². The van der Waals surface area contributed by atoms with Gasteiger partial charge in [0.05, 0.1) is 39.6 Å². The maximum atomic E-state index is 11.4. The van der Waals surface area contributed by atoms with E-state index in [0.717, 1.165) is 22.3 Å². The minimum absolute atomic E-state index is 0.136. The third-order valence-corrected chi connectivity index (χ3v) is 9.01. The highest BCUT2D eigenvalue weighted by atomic mass is 16.8. The van der Waals surface area contributed by atoms with Crippen LogP contribution in [0.15, 0.2) is 121 Å². The predicted molar refractivity (Wildman–Crippen MR) is 185 cm³/mol. The van der Waals surface area contributed by atoms with Crippen LogP contribution < -0.4 is 0 Å². The van der Waals surface area contributed by atoms with E-state index in [0.29, 0.717) is 0 Å². The van der Waals surface area contributed by atoms with Gasteiger partial charge in [0.2, 0.25) is 0 Å². The van der Waals surface area contributed by atoms with Crippen LogP contribution in [0.1, 0.15) is 22.3 Å². The third-order valence-electron chi connectivity index (χ3n) is 9.01. The molecular formula is C40H46O11. The maximum absolute atomic E-state index is 11.4. The summed E-state index contributed by atoms with van der Waals surface area (Å²) in [5.41, 5.74) is 3.48. The van der Waals surface area contributed by atoms with E-state index in [-0.39, 0.29) is 26.4 Å². The van der Waals surface area contributed by atoms with Gasteiger partial charge in [0.15, 0.2) is 12.6 Å². The van der Waals surface area contributed by atoms with Crippen LogP contribution in [0.5, 0.6) is 0 Å². The van der Waals surface area contributed by atoms with Crippen molar-refractivity contribution in [3.8, 4) is 0 Å². The Bertz CT molecular complexity index is 1430. The molecule has 0 radical (unpaired) electrons. The first-order valence-corrected chi connectivity index (χ1v) is 17.2. The Morgan fingerprint density at radius 1 is 0.412 bits per heavy atom. The number of hydrogen-bond donors (Lipinski definition) is 4. The first-order valence-electron chi connectivity index (χ1n) is 17.2. The smallest absolute Gasteiger partial charge is 0.190 e. The molecule has 4 aromatic carbocycles. The minimum atomic E-state index is -1.27. The molecule has 0 bridgehead atoms. The van der Waals surface area contributed by atoms with Crippen molar-refractivity contribution in [3.05, 3.63) is 144 Å². The van der Waals surface area contributed by atoms with Crippen LogP contribution in [0.2, 0.25) is 0 Å². The lowest BCUT2D eigenvalue weighted by Crippen LogP contribution is -2.65. The lowest BCUT2D eigenvalue weighted by atomic mass is 9.97. The Morgan fingerprint density at radius 2 is 0.686 bits per heavy atom. The second kappa shape index (κ2) is 18.8.